The van der Waals surface area contributed by atoms with Gasteiger partial charge in [0.25, 0.3) is 0 Å². The molecule has 1 heterocycles. The molecule has 0 saturated heterocycles. The van der Waals surface area contributed by atoms with Crippen LogP contribution in [0.1, 0.15) is 5.56 Å². The van der Waals surface area contributed by atoms with E-state index < -0.39 is 0 Å². The van der Waals surface area contributed by atoms with Crippen LogP contribution in [-0.4, -0.2) is 36.5 Å². The van der Waals surface area contributed by atoms with Gasteiger partial charge in [-0.15, -0.1) is 11.3 Å². The molecule has 1 N–H and O–H groups in total. The predicted molar refractivity (Wildman–Crippen MR) is 105 cm³/mol. The molecule has 0 fully saturated rings. The molecule has 0 unspecified atom stereocenters. The molecule has 5 nitrogen and oxygen atoms in total. The van der Waals surface area contributed by atoms with E-state index in [0.29, 0.717) is 11.7 Å². The Bertz CT molecular complexity index is 912. The number of carbonyl (C=O) groups is 1. The largest absolute Gasteiger partial charge is 0.497 e. The molecule has 0 spiro atoms. The maximum atomic E-state index is 13.2. The summed E-state index contributed by atoms with van der Waals surface area (Å²) in [7, 11) is 3.44. The van der Waals surface area contributed by atoms with E-state index in [9.17, 15) is 9.18 Å². The normalized spacial score (nSPS) is 10.8. The molecule has 140 valence electrons. The zero-order valence-electron chi connectivity index (χ0n) is 15.1. The standard InChI is InChI=1S/C20H20FN3O2S/c1-24(11-14-4-3-5-16(21)10-14)12-19(25)23-20-22-18(13-27-20)15-6-8-17(26-2)9-7-15/h3-10,13H,11-12H2,1-2H3,(H,22,23,25). The van der Waals surface area contributed by atoms with Crippen LogP contribution in [0.2, 0.25) is 0 Å². The second kappa shape index (κ2) is 8.75. The Hall–Kier alpha value is -2.77. The number of benzene rings is 2. The number of amides is 1. The van der Waals surface area contributed by atoms with Gasteiger partial charge in [0, 0.05) is 17.5 Å². The topological polar surface area (TPSA) is 54.5 Å². The van der Waals surface area contributed by atoms with Crippen LogP contribution in [0.3, 0.4) is 0 Å². The molecule has 0 bridgehead atoms. The van der Waals surface area contributed by atoms with Crippen LogP contribution in [0.4, 0.5) is 9.52 Å². The van der Waals surface area contributed by atoms with Crippen LogP contribution in [0.15, 0.2) is 53.9 Å². The molecule has 2 aromatic carbocycles. The van der Waals surface area contributed by atoms with Gasteiger partial charge in [-0.3, -0.25) is 9.69 Å². The van der Waals surface area contributed by atoms with E-state index in [4.69, 9.17) is 4.74 Å². The number of methoxy groups -OCH3 is 1. The van der Waals surface area contributed by atoms with Crippen molar-refractivity contribution < 1.29 is 13.9 Å². The summed E-state index contributed by atoms with van der Waals surface area (Å²) in [5, 5.41) is 5.25. The van der Waals surface area contributed by atoms with Crippen molar-refractivity contribution in [1.29, 1.82) is 0 Å². The molecule has 27 heavy (non-hydrogen) atoms. The zero-order chi connectivity index (χ0) is 19.2. The first-order valence-electron chi connectivity index (χ1n) is 8.36. The lowest BCUT2D eigenvalue weighted by Gasteiger charge is -2.15. The van der Waals surface area contributed by atoms with Gasteiger partial charge < -0.3 is 10.1 Å². The second-order valence-electron chi connectivity index (χ2n) is 6.12. The fourth-order valence-electron chi connectivity index (χ4n) is 2.63. The number of hydrogen-bond acceptors (Lipinski definition) is 5. The maximum Gasteiger partial charge on any atom is 0.240 e. The van der Waals surface area contributed by atoms with Crippen LogP contribution in [0.5, 0.6) is 5.75 Å². The number of nitrogens with zero attached hydrogens (tertiary/aromatic N) is 2. The average molecular weight is 385 g/mol. The minimum absolute atomic E-state index is 0.162. The van der Waals surface area contributed by atoms with Gasteiger partial charge in [0.05, 0.1) is 19.3 Å². The van der Waals surface area contributed by atoms with Crippen LogP contribution >= 0.6 is 11.3 Å². The van der Waals surface area contributed by atoms with Crippen molar-refractivity contribution in [2.45, 2.75) is 6.54 Å². The Kier molecular flexibility index (Phi) is 6.16. The minimum Gasteiger partial charge on any atom is -0.497 e. The summed E-state index contributed by atoms with van der Waals surface area (Å²) in [6, 6.07) is 13.9. The highest BCUT2D eigenvalue weighted by atomic mass is 32.1. The first-order chi connectivity index (χ1) is 13.0. The molecular formula is C20H20FN3O2S. The Morgan fingerprint density at radius 2 is 2.04 bits per heavy atom. The van der Waals surface area contributed by atoms with Gasteiger partial charge in [0.2, 0.25) is 5.91 Å². The van der Waals surface area contributed by atoms with Crippen LogP contribution in [-0.2, 0) is 11.3 Å². The first kappa shape index (κ1) is 19.0. The van der Waals surface area contributed by atoms with Crippen molar-refractivity contribution in [3.8, 4) is 17.0 Å². The molecule has 0 aliphatic heterocycles. The van der Waals surface area contributed by atoms with Crippen molar-refractivity contribution in [2.24, 2.45) is 0 Å². The lowest BCUT2D eigenvalue weighted by atomic mass is 10.2. The molecule has 0 saturated carbocycles. The van der Waals surface area contributed by atoms with Crippen molar-refractivity contribution in [1.82, 2.24) is 9.88 Å². The van der Waals surface area contributed by atoms with Crippen LogP contribution < -0.4 is 10.1 Å². The first-order valence-corrected chi connectivity index (χ1v) is 9.24. The van der Waals surface area contributed by atoms with E-state index >= 15 is 0 Å². The summed E-state index contributed by atoms with van der Waals surface area (Å²) >= 11 is 1.37. The zero-order valence-corrected chi connectivity index (χ0v) is 15.9. The molecule has 0 aliphatic carbocycles. The number of aromatic nitrogens is 1. The van der Waals surface area contributed by atoms with Crippen molar-refractivity contribution in [3.63, 3.8) is 0 Å². The minimum atomic E-state index is -0.279. The monoisotopic (exact) mass is 385 g/mol. The van der Waals surface area contributed by atoms with Crippen molar-refractivity contribution in [2.75, 3.05) is 26.0 Å². The Labute approximate surface area is 161 Å². The van der Waals surface area contributed by atoms with Gasteiger partial charge in [-0.1, -0.05) is 12.1 Å². The Balaban J connectivity index is 1.55. The molecule has 0 aliphatic rings. The number of ether oxygens (including phenoxy) is 1. The number of nitrogens with one attached hydrogen (secondary N) is 1. The van der Waals surface area contributed by atoms with Gasteiger partial charge in [0.15, 0.2) is 5.13 Å². The second-order valence-corrected chi connectivity index (χ2v) is 6.97. The molecule has 3 rings (SSSR count). The fraction of sp³-hybridized carbons (Fsp3) is 0.200. The van der Waals surface area contributed by atoms with Crippen LogP contribution in [0, 0.1) is 5.82 Å². The fourth-order valence-corrected chi connectivity index (χ4v) is 3.37. The number of hydrogen-bond donors (Lipinski definition) is 1. The van der Waals surface area contributed by atoms with Gasteiger partial charge >= 0.3 is 0 Å². The van der Waals surface area contributed by atoms with E-state index in [2.05, 4.69) is 10.3 Å². The van der Waals surface area contributed by atoms with Gasteiger partial charge in [0.1, 0.15) is 11.6 Å². The summed E-state index contributed by atoms with van der Waals surface area (Å²) in [6.07, 6.45) is 0. The third-order valence-electron chi connectivity index (χ3n) is 3.89. The molecule has 1 amide bonds. The predicted octanol–water partition coefficient (Wildman–Crippen LogP) is 4.03. The van der Waals surface area contributed by atoms with Crippen molar-refractivity contribution in [3.05, 3.63) is 65.3 Å². The summed E-state index contributed by atoms with van der Waals surface area (Å²) < 4.78 is 18.4. The van der Waals surface area contributed by atoms with Gasteiger partial charge in [-0.2, -0.15) is 0 Å². The third-order valence-corrected chi connectivity index (χ3v) is 4.65. The quantitative estimate of drug-likeness (QED) is 0.667. The Morgan fingerprint density at radius 3 is 2.74 bits per heavy atom. The number of halogens is 1. The highest BCUT2D eigenvalue weighted by Crippen LogP contribution is 2.26. The summed E-state index contributed by atoms with van der Waals surface area (Å²) in [4.78, 5) is 18.5. The molecule has 0 radical (unpaired) electrons. The van der Waals surface area contributed by atoms with Gasteiger partial charge in [-0.05, 0) is 49.0 Å². The van der Waals surface area contributed by atoms with E-state index in [1.807, 2.05) is 47.7 Å². The number of rotatable bonds is 7. The van der Waals surface area contributed by atoms with E-state index in [0.717, 1.165) is 22.6 Å². The Morgan fingerprint density at radius 1 is 1.26 bits per heavy atom. The SMILES string of the molecule is COc1ccc(-c2csc(NC(=O)CN(C)Cc3cccc(F)c3)n2)cc1. The third kappa shape index (κ3) is 5.35. The van der Waals surface area contributed by atoms with Crippen LogP contribution in [0.25, 0.3) is 11.3 Å². The van der Waals surface area contributed by atoms with E-state index in [-0.39, 0.29) is 18.3 Å². The molecule has 7 heteroatoms. The van der Waals surface area contributed by atoms with E-state index in [1.165, 1.54) is 23.5 Å². The molecular weight excluding hydrogens is 365 g/mol. The summed E-state index contributed by atoms with van der Waals surface area (Å²) in [5.74, 6) is 0.340. The highest BCUT2D eigenvalue weighted by molar-refractivity contribution is 7.14. The number of anilines is 1. The van der Waals surface area contributed by atoms with E-state index in [1.54, 1.807) is 13.2 Å². The van der Waals surface area contributed by atoms with Gasteiger partial charge in [-0.25, -0.2) is 9.37 Å². The molecule has 3 aromatic rings. The number of likely N-dealkylation sites (N-methyl/N-ethyl adjacent to an activating group) is 1. The average Bonchev–Trinajstić information content (AvgIpc) is 3.10. The summed E-state index contributed by atoms with van der Waals surface area (Å²) in [6.45, 7) is 0.675. The molecule has 0 atom stereocenters. The molecule has 1 aromatic heterocycles. The number of thiazole rings is 1. The lowest BCUT2D eigenvalue weighted by Crippen LogP contribution is -2.29. The maximum absolute atomic E-state index is 13.2. The summed E-state index contributed by atoms with van der Waals surface area (Å²) in [5.41, 5.74) is 2.57. The highest BCUT2D eigenvalue weighted by Gasteiger charge is 2.11. The van der Waals surface area contributed by atoms with Crippen molar-refractivity contribution >= 4 is 22.4 Å². The smallest absolute Gasteiger partial charge is 0.240 e. The lowest BCUT2D eigenvalue weighted by molar-refractivity contribution is -0.117. The number of carbonyl (C=O) groups excluding carboxylic acids is 1.